The number of rotatable bonds is 4. The predicted molar refractivity (Wildman–Crippen MR) is 120 cm³/mol. The maximum absolute atomic E-state index is 12.8. The van der Waals surface area contributed by atoms with Crippen molar-refractivity contribution in [1.29, 1.82) is 0 Å². The molecule has 1 amide bonds. The van der Waals surface area contributed by atoms with Crippen molar-refractivity contribution >= 4 is 46.0 Å². The first-order valence-electron chi connectivity index (χ1n) is 9.15. The number of fused-ring (bicyclic) bond motifs is 1. The van der Waals surface area contributed by atoms with Gasteiger partial charge in [-0.25, -0.2) is 14.8 Å². The first-order valence-corrected chi connectivity index (χ1v) is 10.5. The van der Waals surface area contributed by atoms with Crippen molar-refractivity contribution in [3.8, 4) is 0 Å². The Morgan fingerprint density at radius 3 is 2.33 bits per heavy atom. The van der Waals surface area contributed by atoms with Crippen molar-refractivity contribution in [3.05, 3.63) is 56.0 Å². The Morgan fingerprint density at radius 1 is 1.10 bits per heavy atom. The maximum Gasteiger partial charge on any atom is 0.332 e. The van der Waals surface area contributed by atoms with Crippen molar-refractivity contribution in [2.24, 2.45) is 14.1 Å². The van der Waals surface area contributed by atoms with Gasteiger partial charge in [0, 0.05) is 30.2 Å². The largest absolute Gasteiger partial charge is 0.332 e. The minimum Gasteiger partial charge on any atom is -0.325 e. The summed E-state index contributed by atoms with van der Waals surface area (Å²) in [5, 5.41) is 3.94. The Morgan fingerprint density at radius 2 is 1.73 bits per heavy atom. The summed E-state index contributed by atoms with van der Waals surface area (Å²) < 4.78 is 2.34. The molecule has 0 aliphatic carbocycles. The zero-order chi connectivity index (χ0) is 22.2. The first-order chi connectivity index (χ1) is 14.0. The van der Waals surface area contributed by atoms with Crippen molar-refractivity contribution < 1.29 is 4.79 Å². The number of halogens is 1. The van der Waals surface area contributed by atoms with Crippen molar-refractivity contribution in [2.75, 3.05) is 11.1 Å². The lowest BCUT2D eigenvalue weighted by atomic mass is 9.96. The molecule has 2 aromatic heterocycles. The van der Waals surface area contributed by atoms with Gasteiger partial charge < -0.3 is 5.32 Å². The number of hydrogen-bond acceptors (Lipinski definition) is 6. The van der Waals surface area contributed by atoms with Crippen LogP contribution in [0.4, 0.5) is 5.69 Å². The van der Waals surface area contributed by atoms with Crippen LogP contribution in [0.25, 0.3) is 11.0 Å². The van der Waals surface area contributed by atoms with Gasteiger partial charge in [0.15, 0.2) is 5.65 Å². The average Bonchev–Trinajstić information content (AvgIpc) is 2.69. The third-order valence-corrected chi connectivity index (χ3v) is 5.63. The summed E-state index contributed by atoms with van der Waals surface area (Å²) in [6.45, 7) is 5.82. The highest BCUT2D eigenvalue weighted by atomic mass is 35.5. The van der Waals surface area contributed by atoms with E-state index < -0.39 is 16.7 Å². The van der Waals surface area contributed by atoms with Gasteiger partial charge in [-0.3, -0.25) is 18.7 Å². The third kappa shape index (κ3) is 4.41. The van der Waals surface area contributed by atoms with Crippen LogP contribution in [0.1, 0.15) is 26.6 Å². The highest BCUT2D eigenvalue weighted by Crippen LogP contribution is 2.27. The Bertz CT molecular complexity index is 1240. The number of hydrogen-bond donors (Lipinski definition) is 1. The molecule has 2 heterocycles. The molecule has 0 saturated carbocycles. The van der Waals surface area contributed by atoms with Gasteiger partial charge in [0.25, 0.3) is 5.56 Å². The van der Waals surface area contributed by atoms with Crippen LogP contribution in [0.3, 0.4) is 0 Å². The molecule has 0 aliphatic heterocycles. The molecule has 30 heavy (non-hydrogen) atoms. The summed E-state index contributed by atoms with van der Waals surface area (Å²) in [4.78, 5) is 46.6. The van der Waals surface area contributed by atoms with Gasteiger partial charge in [0.1, 0.15) is 16.2 Å². The molecule has 0 bridgehead atoms. The number of nitrogens with one attached hydrogen (secondary N) is 1. The average molecular weight is 448 g/mol. The number of aromatic nitrogens is 4. The zero-order valence-electron chi connectivity index (χ0n) is 17.3. The lowest BCUT2D eigenvalue weighted by Crippen LogP contribution is -2.38. The molecule has 8 nitrogen and oxygen atoms in total. The van der Waals surface area contributed by atoms with Crippen molar-refractivity contribution in [2.45, 2.75) is 31.2 Å². The topological polar surface area (TPSA) is 98.9 Å². The molecule has 0 unspecified atom stereocenters. The molecule has 3 rings (SSSR count). The Balaban J connectivity index is 2.01. The van der Waals surface area contributed by atoms with Crippen LogP contribution in [0, 0.1) is 0 Å². The molecule has 0 spiro atoms. The van der Waals surface area contributed by atoms with Gasteiger partial charge >= 0.3 is 5.69 Å². The molecular formula is C20H22ClN5O3S. The zero-order valence-corrected chi connectivity index (χ0v) is 18.9. The van der Waals surface area contributed by atoms with E-state index in [1.165, 1.54) is 11.6 Å². The fraction of sp³-hybridized carbons (Fsp3) is 0.350. The minimum atomic E-state index is -0.492. The highest BCUT2D eigenvalue weighted by molar-refractivity contribution is 8.00. The van der Waals surface area contributed by atoms with Gasteiger partial charge in [-0.05, 0) is 24.3 Å². The van der Waals surface area contributed by atoms with Gasteiger partial charge in [-0.1, -0.05) is 44.1 Å². The molecular weight excluding hydrogens is 426 g/mol. The second kappa shape index (κ2) is 8.23. The summed E-state index contributed by atoms with van der Waals surface area (Å²) in [7, 11) is 2.97. The number of carbonyl (C=O) groups excluding carboxylic acids is 1. The van der Waals surface area contributed by atoms with Gasteiger partial charge in [0.05, 0.1) is 5.75 Å². The van der Waals surface area contributed by atoms with E-state index in [1.54, 1.807) is 31.3 Å². The molecule has 1 N–H and O–H groups in total. The van der Waals surface area contributed by atoms with E-state index in [0.717, 1.165) is 16.3 Å². The number of carbonyl (C=O) groups is 1. The normalized spacial score (nSPS) is 11.7. The van der Waals surface area contributed by atoms with Crippen LogP contribution in [-0.2, 0) is 24.3 Å². The number of nitrogens with zero attached hydrogens (tertiary/aromatic N) is 4. The van der Waals surface area contributed by atoms with Crippen LogP contribution in [-0.4, -0.2) is 30.8 Å². The van der Waals surface area contributed by atoms with Gasteiger partial charge in [0.2, 0.25) is 5.91 Å². The predicted octanol–water partition coefficient (Wildman–Crippen LogP) is 2.71. The lowest BCUT2D eigenvalue weighted by molar-refractivity contribution is -0.113. The summed E-state index contributed by atoms with van der Waals surface area (Å²) >= 11 is 6.99. The Labute approximate surface area is 182 Å². The quantitative estimate of drug-likeness (QED) is 0.487. The smallest absolute Gasteiger partial charge is 0.325 e. The van der Waals surface area contributed by atoms with E-state index in [2.05, 4.69) is 15.3 Å². The van der Waals surface area contributed by atoms with Gasteiger partial charge in [-0.2, -0.15) is 0 Å². The maximum atomic E-state index is 12.8. The highest BCUT2D eigenvalue weighted by Gasteiger charge is 2.24. The molecule has 0 fully saturated rings. The number of amides is 1. The minimum absolute atomic E-state index is 0.0321. The summed E-state index contributed by atoms with van der Waals surface area (Å²) in [6.07, 6.45) is 0. The molecule has 0 saturated heterocycles. The fourth-order valence-corrected chi connectivity index (χ4v) is 3.67. The summed E-state index contributed by atoms with van der Waals surface area (Å²) in [5.74, 6) is 0.261. The molecule has 1 aromatic carbocycles. The van der Waals surface area contributed by atoms with Crippen LogP contribution in [0.15, 0.2) is 38.9 Å². The molecule has 158 valence electrons. The van der Waals surface area contributed by atoms with Crippen LogP contribution < -0.4 is 16.6 Å². The van der Waals surface area contributed by atoms with Crippen molar-refractivity contribution in [3.63, 3.8) is 0 Å². The fourth-order valence-electron chi connectivity index (χ4n) is 2.73. The first kappa shape index (κ1) is 22.0. The van der Waals surface area contributed by atoms with Crippen LogP contribution in [0.5, 0.6) is 0 Å². The van der Waals surface area contributed by atoms with Gasteiger partial charge in [-0.15, -0.1) is 0 Å². The number of thioether (sulfide) groups is 1. The summed E-state index contributed by atoms with van der Waals surface area (Å²) in [5.41, 5.74) is -0.502. The lowest BCUT2D eigenvalue weighted by Gasteiger charge is -2.19. The standard InChI is InChI=1S/C20H22ClN5O3S/c1-20(2,3)18-23-15-14(17(28)26(5)19(29)25(15)4)16(24-18)30-10-13(27)22-12-8-6-11(21)7-9-12/h6-9H,10H2,1-5H3,(H,22,27). The molecule has 0 aliphatic rings. The van der Waals surface area contributed by atoms with E-state index in [1.807, 2.05) is 20.8 Å². The van der Waals surface area contributed by atoms with Crippen LogP contribution >= 0.6 is 23.4 Å². The Hall–Kier alpha value is -2.65. The number of benzene rings is 1. The number of aryl methyl sites for hydroxylation is 1. The third-order valence-electron chi connectivity index (χ3n) is 4.41. The molecule has 3 aromatic rings. The SMILES string of the molecule is Cn1c(=O)c2c(SCC(=O)Nc3ccc(Cl)cc3)nc(C(C)(C)C)nc2n(C)c1=O. The monoisotopic (exact) mass is 447 g/mol. The molecule has 10 heteroatoms. The second-order valence-electron chi connectivity index (χ2n) is 7.85. The van der Waals surface area contributed by atoms with E-state index in [4.69, 9.17) is 11.6 Å². The molecule has 0 atom stereocenters. The van der Waals surface area contributed by atoms with Crippen molar-refractivity contribution in [1.82, 2.24) is 19.1 Å². The molecule has 0 radical (unpaired) electrons. The van der Waals surface area contributed by atoms with E-state index in [0.29, 0.717) is 21.6 Å². The Kier molecular flexibility index (Phi) is 6.05. The summed E-state index contributed by atoms with van der Waals surface area (Å²) in [6, 6.07) is 6.77. The van der Waals surface area contributed by atoms with Crippen LogP contribution in [0.2, 0.25) is 5.02 Å². The van der Waals surface area contributed by atoms with E-state index >= 15 is 0 Å². The second-order valence-corrected chi connectivity index (χ2v) is 9.25. The van der Waals surface area contributed by atoms with E-state index in [9.17, 15) is 14.4 Å². The van der Waals surface area contributed by atoms with E-state index in [-0.39, 0.29) is 22.7 Å². The number of anilines is 1.